The monoisotopic (exact) mass is 556 g/mol. The van der Waals surface area contributed by atoms with Crippen molar-refractivity contribution in [3.05, 3.63) is 72.2 Å². The molecule has 2 aromatic heterocycles. The second kappa shape index (κ2) is 12.1. The number of rotatable bonds is 8. The number of benzene rings is 2. The highest BCUT2D eigenvalue weighted by atomic mass is 16.5. The number of amides is 1. The number of furan rings is 1. The van der Waals surface area contributed by atoms with Crippen LogP contribution >= 0.6 is 0 Å². The smallest absolute Gasteiger partial charge is 0.289 e. The van der Waals surface area contributed by atoms with Gasteiger partial charge in [0, 0.05) is 63.3 Å². The van der Waals surface area contributed by atoms with Gasteiger partial charge >= 0.3 is 0 Å². The van der Waals surface area contributed by atoms with Gasteiger partial charge < -0.3 is 29.0 Å². The van der Waals surface area contributed by atoms with Crippen molar-refractivity contribution in [1.82, 2.24) is 19.8 Å². The summed E-state index contributed by atoms with van der Waals surface area (Å²) in [6.45, 7) is 5.39. The molecule has 0 bridgehead atoms. The Morgan fingerprint density at radius 2 is 1.66 bits per heavy atom. The van der Waals surface area contributed by atoms with Gasteiger partial charge in [-0.3, -0.25) is 9.69 Å². The minimum Gasteiger partial charge on any atom is -0.493 e. The zero-order valence-electron chi connectivity index (χ0n) is 23.6. The third-order valence-corrected chi connectivity index (χ3v) is 7.95. The number of piperazine rings is 1. The highest BCUT2D eigenvalue weighted by molar-refractivity contribution is 5.93. The average Bonchev–Trinajstić information content (AvgIpc) is 3.57. The third-order valence-electron chi connectivity index (χ3n) is 7.95. The lowest BCUT2D eigenvalue weighted by molar-refractivity contribution is 0.0714. The molecule has 0 unspecified atom stereocenters. The van der Waals surface area contributed by atoms with Crippen LogP contribution < -0.4 is 19.7 Å². The summed E-state index contributed by atoms with van der Waals surface area (Å²) in [5, 5.41) is 4.64. The summed E-state index contributed by atoms with van der Waals surface area (Å²) in [7, 11) is 3.27. The van der Waals surface area contributed by atoms with Crippen molar-refractivity contribution in [3.8, 4) is 11.5 Å². The van der Waals surface area contributed by atoms with Crippen LogP contribution in [0.25, 0.3) is 10.9 Å². The molecule has 0 aliphatic carbocycles. The molecule has 6 rings (SSSR count). The van der Waals surface area contributed by atoms with Gasteiger partial charge in [0.15, 0.2) is 17.3 Å². The van der Waals surface area contributed by atoms with Gasteiger partial charge in [-0.1, -0.05) is 30.3 Å². The molecule has 2 aliphatic rings. The molecule has 1 amide bonds. The van der Waals surface area contributed by atoms with Gasteiger partial charge in [-0.25, -0.2) is 4.98 Å². The van der Waals surface area contributed by atoms with Crippen molar-refractivity contribution in [1.29, 1.82) is 0 Å². The molecular weight excluding hydrogens is 520 g/mol. The van der Waals surface area contributed by atoms with Crippen LogP contribution in [0.15, 0.2) is 65.3 Å². The first-order chi connectivity index (χ1) is 20.1. The van der Waals surface area contributed by atoms with Crippen LogP contribution in [0.1, 0.15) is 29.0 Å². The molecule has 0 radical (unpaired) electrons. The zero-order chi connectivity index (χ0) is 28.2. The maximum atomic E-state index is 12.8. The number of anilines is 2. The fraction of sp³-hybridized carbons (Fsp3) is 0.387. The Labute approximate surface area is 239 Å². The molecule has 2 fully saturated rings. The van der Waals surface area contributed by atoms with Gasteiger partial charge in [-0.05, 0) is 36.6 Å². The summed E-state index contributed by atoms with van der Waals surface area (Å²) < 4.78 is 16.5. The van der Waals surface area contributed by atoms with Gasteiger partial charge in [0.2, 0.25) is 5.95 Å². The molecule has 10 nitrogen and oxygen atoms in total. The van der Waals surface area contributed by atoms with Crippen LogP contribution in [0.2, 0.25) is 0 Å². The van der Waals surface area contributed by atoms with E-state index in [0.29, 0.717) is 55.4 Å². The minimum atomic E-state index is -0.0909. The lowest BCUT2D eigenvalue weighted by Gasteiger charge is -2.35. The predicted octanol–water partition coefficient (Wildman–Crippen LogP) is 4.28. The largest absolute Gasteiger partial charge is 0.493 e. The first-order valence-electron chi connectivity index (χ1n) is 14.2. The predicted molar refractivity (Wildman–Crippen MR) is 158 cm³/mol. The number of ether oxygens (including phenoxy) is 2. The van der Waals surface area contributed by atoms with Crippen molar-refractivity contribution in [3.63, 3.8) is 0 Å². The fourth-order valence-electron chi connectivity index (χ4n) is 5.63. The van der Waals surface area contributed by atoms with Crippen LogP contribution in [0.4, 0.5) is 11.8 Å². The van der Waals surface area contributed by atoms with Crippen molar-refractivity contribution in [2.24, 2.45) is 0 Å². The van der Waals surface area contributed by atoms with Crippen molar-refractivity contribution in [2.75, 3.05) is 63.7 Å². The molecular formula is C31H36N6O4. The molecule has 0 saturated carbocycles. The van der Waals surface area contributed by atoms with E-state index in [4.69, 9.17) is 23.9 Å². The molecule has 0 atom stereocenters. The quantitative estimate of drug-likeness (QED) is 0.341. The van der Waals surface area contributed by atoms with Crippen molar-refractivity contribution in [2.45, 2.75) is 25.4 Å². The second-order valence-electron chi connectivity index (χ2n) is 10.5. The molecule has 4 aromatic rings. The number of aromatic nitrogens is 2. The van der Waals surface area contributed by atoms with Crippen molar-refractivity contribution >= 4 is 28.6 Å². The van der Waals surface area contributed by atoms with Gasteiger partial charge in [0.05, 0.1) is 26.0 Å². The number of carbonyl (C=O) groups is 1. The fourth-order valence-corrected chi connectivity index (χ4v) is 5.63. The Morgan fingerprint density at radius 1 is 0.927 bits per heavy atom. The maximum Gasteiger partial charge on any atom is 0.289 e. The van der Waals surface area contributed by atoms with E-state index in [1.54, 1.807) is 26.4 Å². The van der Waals surface area contributed by atoms with Crippen LogP contribution in [-0.2, 0) is 6.54 Å². The summed E-state index contributed by atoms with van der Waals surface area (Å²) >= 11 is 0. The molecule has 4 heterocycles. The third kappa shape index (κ3) is 5.92. The SMILES string of the molecule is COc1cc2nc(N3CCN(C(=O)c4ccco4)CC3)nc(NC3CCN(Cc4ccccc4)CC3)c2cc1OC. The molecule has 2 saturated heterocycles. The molecule has 2 aliphatic heterocycles. The lowest BCUT2D eigenvalue weighted by Crippen LogP contribution is -2.49. The van der Waals surface area contributed by atoms with Gasteiger partial charge in [-0.15, -0.1) is 0 Å². The topological polar surface area (TPSA) is 96.2 Å². The Balaban J connectivity index is 1.20. The Bertz CT molecular complexity index is 1460. The number of methoxy groups -OCH3 is 2. The highest BCUT2D eigenvalue weighted by Crippen LogP contribution is 2.36. The van der Waals surface area contributed by atoms with E-state index in [0.717, 1.165) is 49.2 Å². The number of fused-ring (bicyclic) bond motifs is 1. The van der Waals surface area contributed by atoms with E-state index in [1.165, 1.54) is 11.8 Å². The van der Waals surface area contributed by atoms with Crippen LogP contribution in [-0.4, -0.2) is 85.2 Å². The first-order valence-corrected chi connectivity index (χ1v) is 14.2. The molecule has 0 spiro atoms. The number of nitrogens with zero attached hydrogens (tertiary/aromatic N) is 5. The Hall–Kier alpha value is -4.31. The molecule has 1 N–H and O–H groups in total. The van der Waals surface area contributed by atoms with Crippen LogP contribution in [0.3, 0.4) is 0 Å². The molecule has 41 heavy (non-hydrogen) atoms. The average molecular weight is 557 g/mol. The van der Waals surface area contributed by atoms with Crippen LogP contribution in [0, 0.1) is 0 Å². The zero-order valence-corrected chi connectivity index (χ0v) is 23.6. The van der Waals surface area contributed by atoms with Crippen LogP contribution in [0.5, 0.6) is 11.5 Å². The van der Waals surface area contributed by atoms with E-state index in [-0.39, 0.29) is 5.91 Å². The van der Waals surface area contributed by atoms with Gasteiger partial charge in [0.1, 0.15) is 5.82 Å². The Morgan fingerprint density at radius 3 is 2.34 bits per heavy atom. The minimum absolute atomic E-state index is 0.0909. The van der Waals surface area contributed by atoms with E-state index in [2.05, 4.69) is 45.4 Å². The number of carbonyl (C=O) groups excluding carboxylic acids is 1. The normalized spacial score (nSPS) is 16.6. The number of hydrogen-bond acceptors (Lipinski definition) is 9. The standard InChI is InChI=1S/C31H36N6O4/c1-39-27-19-24-25(20-28(27)40-2)33-31(37-16-14-36(15-17-37)30(38)26-9-6-18-41-26)34-29(24)32-23-10-12-35(13-11-23)21-22-7-4-3-5-8-22/h3-9,18-20,23H,10-17,21H2,1-2H3,(H,32,33,34). The summed E-state index contributed by atoms with van der Waals surface area (Å²) in [6, 6.07) is 18.2. The number of nitrogens with one attached hydrogen (secondary N) is 1. The summed E-state index contributed by atoms with van der Waals surface area (Å²) in [4.78, 5) is 29.2. The van der Waals surface area contributed by atoms with Gasteiger partial charge in [-0.2, -0.15) is 4.98 Å². The number of piperidine rings is 1. The van der Waals surface area contributed by atoms with Crippen molar-refractivity contribution < 1.29 is 18.7 Å². The molecule has 2 aromatic carbocycles. The Kier molecular flexibility index (Phi) is 7.91. The number of likely N-dealkylation sites (tertiary alicyclic amines) is 1. The van der Waals surface area contributed by atoms with E-state index >= 15 is 0 Å². The molecule has 10 heteroatoms. The summed E-state index contributed by atoms with van der Waals surface area (Å²) in [5.74, 6) is 2.97. The second-order valence-corrected chi connectivity index (χ2v) is 10.5. The van der Waals surface area contributed by atoms with E-state index in [1.807, 2.05) is 17.0 Å². The maximum absolute atomic E-state index is 12.8. The summed E-state index contributed by atoms with van der Waals surface area (Å²) in [5.41, 5.74) is 2.13. The molecule has 214 valence electrons. The number of hydrogen-bond donors (Lipinski definition) is 1. The first kappa shape index (κ1) is 26.9. The summed E-state index contributed by atoms with van der Waals surface area (Å²) in [6.07, 6.45) is 3.57. The van der Waals surface area contributed by atoms with Gasteiger partial charge in [0.25, 0.3) is 5.91 Å². The lowest BCUT2D eigenvalue weighted by atomic mass is 10.0. The van der Waals surface area contributed by atoms with E-state index < -0.39 is 0 Å². The highest BCUT2D eigenvalue weighted by Gasteiger charge is 2.27. The van der Waals surface area contributed by atoms with E-state index in [9.17, 15) is 4.79 Å².